The number of esters is 1. The highest BCUT2D eigenvalue weighted by Gasteiger charge is 2.17. The molecule has 0 radical (unpaired) electrons. The summed E-state index contributed by atoms with van der Waals surface area (Å²) in [6, 6.07) is 6.98. The van der Waals surface area contributed by atoms with Gasteiger partial charge in [0.2, 0.25) is 0 Å². The first-order valence-electron chi connectivity index (χ1n) is 8.57. The average Bonchev–Trinajstić information content (AvgIpc) is 2.97. The van der Waals surface area contributed by atoms with Crippen LogP contribution in [0.4, 0.5) is 0 Å². The van der Waals surface area contributed by atoms with Crippen LogP contribution in [0, 0.1) is 13.8 Å². The Balaban J connectivity index is 1.56. The number of nitrogens with zero attached hydrogens (tertiary/aromatic N) is 1. The Morgan fingerprint density at radius 3 is 2.92 bits per heavy atom. The zero-order chi connectivity index (χ0) is 17.6. The number of ether oxygens (including phenoxy) is 3. The van der Waals surface area contributed by atoms with E-state index in [0.717, 1.165) is 42.9 Å². The first-order valence-corrected chi connectivity index (χ1v) is 8.57. The van der Waals surface area contributed by atoms with Crippen LogP contribution >= 0.6 is 0 Å². The van der Waals surface area contributed by atoms with Gasteiger partial charge in [0.25, 0.3) is 0 Å². The summed E-state index contributed by atoms with van der Waals surface area (Å²) in [5.74, 6) is 0.973. The van der Waals surface area contributed by atoms with Gasteiger partial charge in [-0.2, -0.15) is 0 Å². The minimum Gasteiger partial charge on any atom is -0.489 e. The number of aryl methyl sites for hydroxylation is 2. The van der Waals surface area contributed by atoms with E-state index < -0.39 is 0 Å². The lowest BCUT2D eigenvalue weighted by Gasteiger charge is -2.22. The molecule has 6 nitrogen and oxygen atoms in total. The van der Waals surface area contributed by atoms with Gasteiger partial charge in [-0.1, -0.05) is 11.2 Å². The van der Waals surface area contributed by atoms with Crippen molar-refractivity contribution in [3.63, 3.8) is 0 Å². The van der Waals surface area contributed by atoms with Crippen molar-refractivity contribution in [2.45, 2.75) is 45.8 Å². The number of carbonyl (C=O) groups is 1. The Morgan fingerprint density at radius 1 is 1.32 bits per heavy atom. The molecule has 1 unspecified atom stereocenters. The highest BCUT2D eigenvalue weighted by atomic mass is 16.6. The van der Waals surface area contributed by atoms with E-state index in [2.05, 4.69) is 5.16 Å². The molecule has 0 amide bonds. The van der Waals surface area contributed by atoms with E-state index in [1.54, 1.807) is 24.3 Å². The number of hydrogen-bond donors (Lipinski definition) is 0. The van der Waals surface area contributed by atoms with Crippen LogP contribution < -0.4 is 4.74 Å². The van der Waals surface area contributed by atoms with Crippen molar-refractivity contribution in [2.24, 2.45) is 0 Å². The standard InChI is InChI=1S/C19H23NO5/c1-13-18(14(2)25-20-13)12-23-16-8-5-6-15(10-16)19(21)24-11-17-7-3-4-9-22-17/h5-6,8,10,17H,3-4,7,9,11-12H2,1-2H3. The summed E-state index contributed by atoms with van der Waals surface area (Å²) in [4.78, 5) is 12.2. The molecule has 1 aliphatic rings. The monoisotopic (exact) mass is 345 g/mol. The Labute approximate surface area is 147 Å². The molecule has 0 N–H and O–H groups in total. The lowest BCUT2D eigenvalue weighted by molar-refractivity contribution is -0.0300. The van der Waals surface area contributed by atoms with E-state index in [4.69, 9.17) is 18.7 Å². The van der Waals surface area contributed by atoms with Gasteiger partial charge in [-0.3, -0.25) is 0 Å². The number of aromatic nitrogens is 1. The SMILES string of the molecule is Cc1noc(C)c1COc1cccc(C(=O)OCC2CCCCO2)c1. The average molecular weight is 345 g/mol. The highest BCUT2D eigenvalue weighted by molar-refractivity contribution is 5.89. The molecule has 6 heteroatoms. The van der Waals surface area contributed by atoms with Gasteiger partial charge in [0, 0.05) is 6.61 Å². The van der Waals surface area contributed by atoms with Crippen LogP contribution in [0.5, 0.6) is 5.75 Å². The largest absolute Gasteiger partial charge is 0.489 e. The quantitative estimate of drug-likeness (QED) is 0.745. The van der Waals surface area contributed by atoms with E-state index in [-0.39, 0.29) is 12.1 Å². The molecular formula is C19H23NO5. The molecule has 25 heavy (non-hydrogen) atoms. The Bertz CT molecular complexity index is 699. The van der Waals surface area contributed by atoms with Crippen molar-refractivity contribution < 1.29 is 23.5 Å². The fourth-order valence-corrected chi connectivity index (χ4v) is 2.77. The summed E-state index contributed by atoms with van der Waals surface area (Å²) < 4.78 is 21.8. The summed E-state index contributed by atoms with van der Waals surface area (Å²) >= 11 is 0. The predicted octanol–water partition coefficient (Wildman–Crippen LogP) is 3.60. The maximum atomic E-state index is 12.2. The molecule has 1 aromatic heterocycles. The zero-order valence-corrected chi connectivity index (χ0v) is 14.6. The van der Waals surface area contributed by atoms with Crippen molar-refractivity contribution in [1.82, 2.24) is 5.16 Å². The second kappa shape index (κ2) is 8.16. The highest BCUT2D eigenvalue weighted by Crippen LogP contribution is 2.19. The molecule has 1 aromatic carbocycles. The molecule has 3 rings (SSSR count). The van der Waals surface area contributed by atoms with Gasteiger partial charge in [-0.15, -0.1) is 0 Å². The van der Waals surface area contributed by atoms with Gasteiger partial charge in [-0.25, -0.2) is 4.79 Å². The number of carbonyl (C=O) groups excluding carboxylic acids is 1. The topological polar surface area (TPSA) is 70.8 Å². The van der Waals surface area contributed by atoms with Gasteiger partial charge in [0.1, 0.15) is 24.7 Å². The molecule has 1 fully saturated rings. The first kappa shape index (κ1) is 17.5. The molecule has 0 aliphatic carbocycles. The predicted molar refractivity (Wildman–Crippen MR) is 90.6 cm³/mol. The normalized spacial score (nSPS) is 17.3. The van der Waals surface area contributed by atoms with Crippen molar-refractivity contribution in [2.75, 3.05) is 13.2 Å². The lowest BCUT2D eigenvalue weighted by atomic mass is 10.1. The van der Waals surface area contributed by atoms with Gasteiger partial charge in [0.15, 0.2) is 0 Å². The molecule has 0 spiro atoms. The van der Waals surface area contributed by atoms with Gasteiger partial charge in [0.05, 0.1) is 22.9 Å². The van der Waals surface area contributed by atoms with Crippen LogP contribution in [0.1, 0.15) is 46.6 Å². The lowest BCUT2D eigenvalue weighted by Crippen LogP contribution is -2.25. The van der Waals surface area contributed by atoms with Crippen molar-refractivity contribution in [3.8, 4) is 5.75 Å². The summed E-state index contributed by atoms with van der Waals surface area (Å²) in [7, 11) is 0. The Hall–Kier alpha value is -2.34. The fraction of sp³-hybridized carbons (Fsp3) is 0.474. The second-order valence-corrected chi connectivity index (χ2v) is 6.21. The van der Waals surface area contributed by atoms with Crippen LogP contribution in [0.3, 0.4) is 0 Å². The molecule has 0 saturated carbocycles. The van der Waals surface area contributed by atoms with E-state index in [0.29, 0.717) is 24.5 Å². The van der Waals surface area contributed by atoms with Gasteiger partial charge >= 0.3 is 5.97 Å². The summed E-state index contributed by atoms with van der Waals surface area (Å²) in [5, 5.41) is 3.90. The van der Waals surface area contributed by atoms with E-state index >= 15 is 0 Å². The number of hydrogen-bond acceptors (Lipinski definition) is 6. The van der Waals surface area contributed by atoms with Gasteiger partial charge in [-0.05, 0) is 51.3 Å². The van der Waals surface area contributed by atoms with Crippen LogP contribution in [-0.4, -0.2) is 30.4 Å². The molecule has 1 aliphatic heterocycles. The third-order valence-corrected chi connectivity index (χ3v) is 4.31. The van der Waals surface area contributed by atoms with Crippen molar-refractivity contribution in [3.05, 3.63) is 46.8 Å². The summed E-state index contributed by atoms with van der Waals surface area (Å²) in [5.41, 5.74) is 2.19. The van der Waals surface area contributed by atoms with Crippen LogP contribution in [0.2, 0.25) is 0 Å². The van der Waals surface area contributed by atoms with Crippen LogP contribution in [-0.2, 0) is 16.1 Å². The molecule has 0 bridgehead atoms. The summed E-state index contributed by atoms with van der Waals surface area (Å²) in [6.07, 6.45) is 3.15. The third-order valence-electron chi connectivity index (χ3n) is 4.31. The Kier molecular flexibility index (Phi) is 5.71. The fourth-order valence-electron chi connectivity index (χ4n) is 2.77. The van der Waals surface area contributed by atoms with Crippen molar-refractivity contribution in [1.29, 1.82) is 0 Å². The number of rotatable bonds is 6. The maximum absolute atomic E-state index is 12.2. The molecule has 1 atom stereocenters. The van der Waals surface area contributed by atoms with Crippen molar-refractivity contribution >= 4 is 5.97 Å². The van der Waals surface area contributed by atoms with E-state index in [1.807, 2.05) is 13.8 Å². The smallest absolute Gasteiger partial charge is 0.338 e. The molecule has 2 heterocycles. The molecule has 134 valence electrons. The van der Waals surface area contributed by atoms with E-state index in [9.17, 15) is 4.79 Å². The van der Waals surface area contributed by atoms with Crippen LogP contribution in [0.25, 0.3) is 0 Å². The molecule has 1 saturated heterocycles. The number of benzene rings is 1. The summed E-state index contributed by atoms with van der Waals surface area (Å²) in [6.45, 7) is 5.10. The maximum Gasteiger partial charge on any atom is 0.338 e. The second-order valence-electron chi connectivity index (χ2n) is 6.21. The van der Waals surface area contributed by atoms with Crippen LogP contribution in [0.15, 0.2) is 28.8 Å². The minimum atomic E-state index is -0.364. The molecular weight excluding hydrogens is 322 g/mol. The minimum absolute atomic E-state index is 0.0108. The van der Waals surface area contributed by atoms with E-state index in [1.165, 1.54) is 0 Å². The zero-order valence-electron chi connectivity index (χ0n) is 14.6. The molecule has 2 aromatic rings. The Morgan fingerprint density at radius 2 is 2.20 bits per heavy atom. The van der Waals surface area contributed by atoms with Gasteiger partial charge < -0.3 is 18.7 Å². The first-order chi connectivity index (χ1) is 12.1. The third kappa shape index (κ3) is 4.60.